The standard InChI is InChI=1S/C23H29N3O3/c1-17(2)16-29-20-10-8-19(9-11-20)23(28)24-21-6-4-5-7-22(21)26-14-12-25(13-15-26)18(3)27/h4-11,17H,12-16H2,1-3H3,(H,24,28). The van der Waals surface area contributed by atoms with Crippen molar-refractivity contribution in [1.29, 1.82) is 0 Å². The van der Waals surface area contributed by atoms with E-state index in [4.69, 9.17) is 4.74 Å². The van der Waals surface area contributed by atoms with Crippen LogP contribution in [-0.4, -0.2) is 49.5 Å². The van der Waals surface area contributed by atoms with Crippen molar-refractivity contribution in [2.75, 3.05) is 43.0 Å². The highest BCUT2D eigenvalue weighted by Crippen LogP contribution is 2.27. The van der Waals surface area contributed by atoms with Gasteiger partial charge in [-0.05, 0) is 42.3 Å². The van der Waals surface area contributed by atoms with E-state index in [9.17, 15) is 9.59 Å². The van der Waals surface area contributed by atoms with Gasteiger partial charge in [0.05, 0.1) is 18.0 Å². The Morgan fingerprint density at radius 2 is 1.66 bits per heavy atom. The molecule has 2 aromatic rings. The fourth-order valence-electron chi connectivity index (χ4n) is 3.28. The summed E-state index contributed by atoms with van der Waals surface area (Å²) in [5.74, 6) is 1.16. The van der Waals surface area contributed by atoms with E-state index in [1.165, 1.54) is 0 Å². The minimum atomic E-state index is -0.157. The SMILES string of the molecule is CC(=O)N1CCN(c2ccccc2NC(=O)c2ccc(OCC(C)C)cc2)CC1. The molecule has 1 N–H and O–H groups in total. The molecule has 0 aliphatic carbocycles. The smallest absolute Gasteiger partial charge is 0.255 e. The third-order valence-electron chi connectivity index (χ3n) is 4.92. The average Bonchev–Trinajstić information content (AvgIpc) is 2.73. The first-order valence-corrected chi connectivity index (χ1v) is 10.1. The molecule has 2 aromatic carbocycles. The second kappa shape index (κ2) is 9.45. The highest BCUT2D eigenvalue weighted by molar-refractivity contribution is 6.06. The Morgan fingerprint density at radius 1 is 1.00 bits per heavy atom. The van der Waals surface area contributed by atoms with Crippen LogP contribution in [0.4, 0.5) is 11.4 Å². The van der Waals surface area contributed by atoms with Gasteiger partial charge in [0.25, 0.3) is 5.91 Å². The number of benzene rings is 2. The monoisotopic (exact) mass is 395 g/mol. The van der Waals surface area contributed by atoms with Crippen molar-refractivity contribution in [2.45, 2.75) is 20.8 Å². The van der Waals surface area contributed by atoms with Crippen LogP contribution in [0.2, 0.25) is 0 Å². The Morgan fingerprint density at radius 3 is 2.28 bits per heavy atom. The van der Waals surface area contributed by atoms with E-state index in [2.05, 4.69) is 24.1 Å². The zero-order chi connectivity index (χ0) is 20.8. The molecule has 1 aliphatic heterocycles. The van der Waals surface area contributed by atoms with E-state index in [1.807, 2.05) is 41.3 Å². The molecule has 0 saturated carbocycles. The van der Waals surface area contributed by atoms with Crippen molar-refractivity contribution in [3.63, 3.8) is 0 Å². The molecule has 1 heterocycles. The summed E-state index contributed by atoms with van der Waals surface area (Å²) in [4.78, 5) is 28.3. The van der Waals surface area contributed by atoms with Crippen molar-refractivity contribution in [3.8, 4) is 5.75 Å². The van der Waals surface area contributed by atoms with Crippen LogP contribution < -0.4 is 15.0 Å². The number of piperazine rings is 1. The van der Waals surface area contributed by atoms with E-state index >= 15 is 0 Å². The summed E-state index contributed by atoms with van der Waals surface area (Å²) in [6.45, 7) is 9.31. The van der Waals surface area contributed by atoms with E-state index < -0.39 is 0 Å². The number of carbonyl (C=O) groups is 2. The van der Waals surface area contributed by atoms with Gasteiger partial charge in [0.15, 0.2) is 0 Å². The normalized spacial score (nSPS) is 14.1. The summed E-state index contributed by atoms with van der Waals surface area (Å²) in [5.41, 5.74) is 2.33. The van der Waals surface area contributed by atoms with E-state index in [1.54, 1.807) is 19.1 Å². The highest BCUT2D eigenvalue weighted by Gasteiger charge is 2.21. The van der Waals surface area contributed by atoms with Gasteiger partial charge in [-0.3, -0.25) is 9.59 Å². The first-order chi connectivity index (χ1) is 13.9. The van der Waals surface area contributed by atoms with Crippen LogP contribution in [0.15, 0.2) is 48.5 Å². The lowest BCUT2D eigenvalue weighted by molar-refractivity contribution is -0.129. The average molecular weight is 396 g/mol. The van der Waals surface area contributed by atoms with Crippen molar-refractivity contribution in [3.05, 3.63) is 54.1 Å². The number of ether oxygens (including phenoxy) is 1. The van der Waals surface area contributed by atoms with E-state index in [0.29, 0.717) is 31.2 Å². The third-order valence-corrected chi connectivity index (χ3v) is 4.92. The topological polar surface area (TPSA) is 61.9 Å². The Kier molecular flexibility index (Phi) is 6.75. The number of anilines is 2. The highest BCUT2D eigenvalue weighted by atomic mass is 16.5. The summed E-state index contributed by atoms with van der Waals surface area (Å²) < 4.78 is 5.68. The number of nitrogens with one attached hydrogen (secondary N) is 1. The summed E-state index contributed by atoms with van der Waals surface area (Å²) in [7, 11) is 0. The summed E-state index contributed by atoms with van der Waals surface area (Å²) in [6, 6.07) is 15.0. The minimum Gasteiger partial charge on any atom is -0.493 e. The quantitative estimate of drug-likeness (QED) is 0.811. The number of hydrogen-bond donors (Lipinski definition) is 1. The maximum atomic E-state index is 12.7. The van der Waals surface area contributed by atoms with Crippen LogP contribution in [0.3, 0.4) is 0 Å². The predicted molar refractivity (Wildman–Crippen MR) is 116 cm³/mol. The Balaban J connectivity index is 1.66. The van der Waals surface area contributed by atoms with Crippen LogP contribution in [-0.2, 0) is 4.79 Å². The van der Waals surface area contributed by atoms with Crippen molar-refractivity contribution in [1.82, 2.24) is 4.90 Å². The number of rotatable bonds is 6. The summed E-state index contributed by atoms with van der Waals surface area (Å²) in [5, 5.41) is 3.03. The van der Waals surface area contributed by atoms with Crippen LogP contribution in [0.1, 0.15) is 31.1 Å². The molecule has 0 spiro atoms. The maximum absolute atomic E-state index is 12.7. The molecule has 0 unspecified atom stereocenters. The minimum absolute atomic E-state index is 0.104. The molecule has 1 aliphatic rings. The van der Waals surface area contributed by atoms with Gasteiger partial charge < -0.3 is 19.9 Å². The fraction of sp³-hybridized carbons (Fsp3) is 0.391. The number of para-hydroxylation sites is 2. The number of nitrogens with zero attached hydrogens (tertiary/aromatic N) is 2. The van der Waals surface area contributed by atoms with E-state index in [0.717, 1.165) is 30.2 Å². The molecular formula is C23H29N3O3. The number of hydrogen-bond acceptors (Lipinski definition) is 4. The molecule has 29 heavy (non-hydrogen) atoms. The first-order valence-electron chi connectivity index (χ1n) is 10.1. The lowest BCUT2D eigenvalue weighted by Crippen LogP contribution is -2.48. The third kappa shape index (κ3) is 5.50. The fourth-order valence-corrected chi connectivity index (χ4v) is 3.28. The Bertz CT molecular complexity index is 841. The zero-order valence-corrected chi connectivity index (χ0v) is 17.4. The Hall–Kier alpha value is -3.02. The van der Waals surface area contributed by atoms with Gasteiger partial charge in [-0.15, -0.1) is 0 Å². The van der Waals surface area contributed by atoms with Crippen LogP contribution in [0, 0.1) is 5.92 Å². The number of carbonyl (C=O) groups excluding carboxylic acids is 2. The molecular weight excluding hydrogens is 366 g/mol. The van der Waals surface area contributed by atoms with Gasteiger partial charge in [-0.25, -0.2) is 0 Å². The summed E-state index contributed by atoms with van der Waals surface area (Å²) >= 11 is 0. The van der Waals surface area contributed by atoms with Gasteiger partial charge in [0.1, 0.15) is 5.75 Å². The Labute approximate surface area is 172 Å². The van der Waals surface area contributed by atoms with Gasteiger partial charge in [0.2, 0.25) is 5.91 Å². The molecule has 0 atom stereocenters. The zero-order valence-electron chi connectivity index (χ0n) is 17.4. The molecule has 1 fully saturated rings. The van der Waals surface area contributed by atoms with Gasteiger partial charge in [0, 0.05) is 38.7 Å². The largest absolute Gasteiger partial charge is 0.493 e. The molecule has 0 bridgehead atoms. The van der Waals surface area contributed by atoms with Crippen molar-refractivity contribution < 1.29 is 14.3 Å². The lowest BCUT2D eigenvalue weighted by Gasteiger charge is -2.36. The molecule has 2 amide bonds. The number of amides is 2. The molecule has 6 heteroatoms. The van der Waals surface area contributed by atoms with Crippen molar-refractivity contribution >= 4 is 23.2 Å². The molecule has 1 saturated heterocycles. The lowest BCUT2D eigenvalue weighted by atomic mass is 10.1. The molecule has 154 valence electrons. The van der Waals surface area contributed by atoms with E-state index in [-0.39, 0.29) is 11.8 Å². The predicted octanol–water partition coefficient (Wildman–Crippen LogP) is 3.64. The molecule has 0 radical (unpaired) electrons. The second-order valence-corrected chi connectivity index (χ2v) is 7.69. The summed E-state index contributed by atoms with van der Waals surface area (Å²) in [6.07, 6.45) is 0. The van der Waals surface area contributed by atoms with Crippen LogP contribution >= 0.6 is 0 Å². The van der Waals surface area contributed by atoms with Gasteiger partial charge >= 0.3 is 0 Å². The second-order valence-electron chi connectivity index (χ2n) is 7.69. The molecule has 0 aromatic heterocycles. The van der Waals surface area contributed by atoms with Crippen molar-refractivity contribution in [2.24, 2.45) is 5.92 Å². The van der Waals surface area contributed by atoms with Crippen LogP contribution in [0.5, 0.6) is 5.75 Å². The molecule has 6 nitrogen and oxygen atoms in total. The van der Waals surface area contributed by atoms with Gasteiger partial charge in [-0.2, -0.15) is 0 Å². The van der Waals surface area contributed by atoms with Crippen LogP contribution in [0.25, 0.3) is 0 Å². The first kappa shape index (κ1) is 20.7. The van der Waals surface area contributed by atoms with Gasteiger partial charge in [-0.1, -0.05) is 26.0 Å². The molecule has 3 rings (SSSR count). The maximum Gasteiger partial charge on any atom is 0.255 e.